The van der Waals surface area contributed by atoms with Gasteiger partial charge in [-0.15, -0.1) is 0 Å². The average Bonchev–Trinajstić information content (AvgIpc) is 2.84. The lowest BCUT2D eigenvalue weighted by atomic mass is 10.2. The fourth-order valence-corrected chi connectivity index (χ4v) is 3.50. The third kappa shape index (κ3) is 2.64. The Balaban J connectivity index is 2.16. The van der Waals surface area contributed by atoms with Crippen LogP contribution < -0.4 is 4.80 Å². The van der Waals surface area contributed by atoms with Gasteiger partial charge in [-0.3, -0.25) is 4.79 Å². The maximum absolute atomic E-state index is 12.3. The molecule has 3 aromatic rings. The average molecular weight is 317 g/mol. The number of amides is 1. The number of aromatic nitrogens is 1. The van der Waals surface area contributed by atoms with Gasteiger partial charge in [0.15, 0.2) is 4.80 Å². The molecule has 0 N–H and O–H groups in total. The zero-order valence-corrected chi connectivity index (χ0v) is 13.0. The minimum absolute atomic E-state index is 0.311. The van der Waals surface area contributed by atoms with E-state index in [2.05, 4.69) is 4.99 Å². The Morgan fingerprint density at radius 1 is 1.19 bits per heavy atom. The molecule has 3 nitrogen and oxygen atoms in total. The number of carbonyl (C=O) groups excluding carboxylic acids is 1. The summed E-state index contributed by atoms with van der Waals surface area (Å²) in [7, 11) is 0. The highest BCUT2D eigenvalue weighted by Crippen LogP contribution is 2.18. The molecule has 0 radical (unpaired) electrons. The molecular formula is C16H13ClN2OS. The van der Waals surface area contributed by atoms with Crippen molar-refractivity contribution in [3.05, 3.63) is 63.9 Å². The van der Waals surface area contributed by atoms with Gasteiger partial charge in [0.25, 0.3) is 5.91 Å². The molecule has 5 heteroatoms. The van der Waals surface area contributed by atoms with Crippen LogP contribution in [-0.4, -0.2) is 10.5 Å². The maximum Gasteiger partial charge on any atom is 0.281 e. The summed E-state index contributed by atoms with van der Waals surface area (Å²) in [6.45, 7) is 2.80. The summed E-state index contributed by atoms with van der Waals surface area (Å²) in [5.41, 5.74) is 1.52. The van der Waals surface area contributed by atoms with E-state index in [0.29, 0.717) is 15.4 Å². The van der Waals surface area contributed by atoms with Crippen LogP contribution in [0.5, 0.6) is 0 Å². The molecule has 0 atom stereocenters. The zero-order chi connectivity index (χ0) is 14.8. The lowest BCUT2D eigenvalue weighted by Gasteiger charge is -2.00. The Morgan fingerprint density at radius 2 is 1.90 bits per heavy atom. The molecule has 0 unspecified atom stereocenters. The largest absolute Gasteiger partial charge is 0.317 e. The second-order valence-corrected chi connectivity index (χ2v) is 5.91. The van der Waals surface area contributed by atoms with Crippen LogP contribution in [0.2, 0.25) is 5.02 Å². The van der Waals surface area contributed by atoms with Gasteiger partial charge in [-0.2, -0.15) is 4.99 Å². The van der Waals surface area contributed by atoms with E-state index in [0.717, 1.165) is 16.8 Å². The first-order chi connectivity index (χ1) is 10.2. The molecule has 0 aliphatic heterocycles. The maximum atomic E-state index is 12.3. The van der Waals surface area contributed by atoms with E-state index >= 15 is 0 Å². The summed E-state index contributed by atoms with van der Waals surface area (Å²) in [4.78, 5) is 17.3. The lowest BCUT2D eigenvalue weighted by Crippen LogP contribution is -2.16. The third-order valence-corrected chi connectivity index (χ3v) is 4.59. The molecule has 3 rings (SSSR count). The van der Waals surface area contributed by atoms with Gasteiger partial charge in [-0.05, 0) is 31.2 Å². The van der Waals surface area contributed by atoms with E-state index in [1.807, 2.05) is 35.8 Å². The van der Waals surface area contributed by atoms with Crippen molar-refractivity contribution in [2.24, 2.45) is 4.99 Å². The Morgan fingerprint density at radius 3 is 2.67 bits per heavy atom. The highest BCUT2D eigenvalue weighted by Gasteiger charge is 2.10. The predicted molar refractivity (Wildman–Crippen MR) is 86.8 cm³/mol. The van der Waals surface area contributed by atoms with Crippen LogP contribution in [0, 0.1) is 0 Å². The van der Waals surface area contributed by atoms with Crippen molar-refractivity contribution in [1.82, 2.24) is 4.57 Å². The lowest BCUT2D eigenvalue weighted by molar-refractivity contribution is 0.0998. The molecule has 1 amide bonds. The van der Waals surface area contributed by atoms with Crippen LogP contribution in [-0.2, 0) is 6.54 Å². The first-order valence-electron chi connectivity index (χ1n) is 6.62. The number of nitrogens with zero attached hydrogens (tertiary/aromatic N) is 2. The van der Waals surface area contributed by atoms with Gasteiger partial charge in [-0.25, -0.2) is 0 Å². The summed E-state index contributed by atoms with van der Waals surface area (Å²) in [6, 6.07) is 15.0. The van der Waals surface area contributed by atoms with Gasteiger partial charge in [-0.1, -0.05) is 47.2 Å². The van der Waals surface area contributed by atoms with Gasteiger partial charge in [0.05, 0.1) is 20.8 Å². The van der Waals surface area contributed by atoms with E-state index in [1.165, 1.54) is 11.3 Å². The predicted octanol–water partition coefficient (Wildman–Crippen LogP) is 4.12. The van der Waals surface area contributed by atoms with Crippen molar-refractivity contribution in [1.29, 1.82) is 0 Å². The molecule has 2 aromatic carbocycles. The quantitative estimate of drug-likeness (QED) is 0.700. The van der Waals surface area contributed by atoms with Gasteiger partial charge in [0.1, 0.15) is 0 Å². The number of thiazole rings is 1. The monoisotopic (exact) mass is 316 g/mol. The molecule has 0 aliphatic carbocycles. The highest BCUT2D eigenvalue weighted by molar-refractivity contribution is 7.16. The number of fused-ring (bicyclic) bond motifs is 1. The summed E-state index contributed by atoms with van der Waals surface area (Å²) < 4.78 is 3.15. The molecule has 0 bridgehead atoms. The number of para-hydroxylation sites is 1. The molecule has 106 valence electrons. The molecule has 0 spiro atoms. The van der Waals surface area contributed by atoms with Crippen molar-refractivity contribution in [2.75, 3.05) is 0 Å². The molecule has 21 heavy (non-hydrogen) atoms. The number of rotatable bonds is 2. The molecule has 1 heterocycles. The molecular weight excluding hydrogens is 304 g/mol. The Hall–Kier alpha value is -1.91. The van der Waals surface area contributed by atoms with Crippen LogP contribution in [0.4, 0.5) is 0 Å². The van der Waals surface area contributed by atoms with Gasteiger partial charge in [0.2, 0.25) is 0 Å². The molecule has 0 saturated carbocycles. The van der Waals surface area contributed by atoms with E-state index in [-0.39, 0.29) is 5.91 Å². The Labute approximate surface area is 131 Å². The molecule has 0 saturated heterocycles. The van der Waals surface area contributed by atoms with Gasteiger partial charge in [0, 0.05) is 6.54 Å². The van der Waals surface area contributed by atoms with Crippen LogP contribution in [0.25, 0.3) is 10.2 Å². The summed E-state index contributed by atoms with van der Waals surface area (Å²) in [5, 5.41) is 0.426. The number of hydrogen-bond donors (Lipinski definition) is 0. The second kappa shape index (κ2) is 5.84. The number of carbonyl (C=O) groups is 1. The fraction of sp³-hybridized carbons (Fsp3) is 0.125. The van der Waals surface area contributed by atoms with Crippen molar-refractivity contribution in [3.8, 4) is 0 Å². The van der Waals surface area contributed by atoms with E-state index < -0.39 is 0 Å². The van der Waals surface area contributed by atoms with Gasteiger partial charge < -0.3 is 4.57 Å². The van der Waals surface area contributed by atoms with Crippen LogP contribution in [0.1, 0.15) is 17.3 Å². The second-order valence-electron chi connectivity index (χ2n) is 4.49. The van der Waals surface area contributed by atoms with Crippen molar-refractivity contribution in [3.63, 3.8) is 0 Å². The number of hydrogen-bond acceptors (Lipinski definition) is 2. The van der Waals surface area contributed by atoms with Crippen LogP contribution in [0.3, 0.4) is 0 Å². The molecule has 0 aliphatic rings. The minimum Gasteiger partial charge on any atom is -0.317 e. The van der Waals surface area contributed by atoms with E-state index in [4.69, 9.17) is 11.6 Å². The third-order valence-electron chi connectivity index (χ3n) is 3.21. The summed E-state index contributed by atoms with van der Waals surface area (Å²) >= 11 is 7.56. The number of benzene rings is 2. The normalized spacial score (nSPS) is 12.0. The van der Waals surface area contributed by atoms with Crippen molar-refractivity contribution >= 4 is 39.1 Å². The van der Waals surface area contributed by atoms with Crippen molar-refractivity contribution in [2.45, 2.75) is 13.5 Å². The highest BCUT2D eigenvalue weighted by atomic mass is 35.5. The van der Waals surface area contributed by atoms with Crippen LogP contribution in [0.15, 0.2) is 53.5 Å². The van der Waals surface area contributed by atoms with E-state index in [1.54, 1.807) is 24.3 Å². The number of aryl methyl sites for hydroxylation is 1. The topological polar surface area (TPSA) is 34.4 Å². The summed E-state index contributed by atoms with van der Waals surface area (Å²) in [6.07, 6.45) is 0. The summed E-state index contributed by atoms with van der Waals surface area (Å²) in [5.74, 6) is -0.311. The fourth-order valence-electron chi connectivity index (χ4n) is 2.19. The Kier molecular flexibility index (Phi) is 3.90. The van der Waals surface area contributed by atoms with Gasteiger partial charge >= 0.3 is 0 Å². The SMILES string of the molecule is CCn1c(=NC(=O)c2ccccc2Cl)sc2ccccc21. The first kappa shape index (κ1) is 14.0. The van der Waals surface area contributed by atoms with Crippen LogP contribution >= 0.6 is 22.9 Å². The molecule has 0 fully saturated rings. The standard InChI is InChI=1S/C16H13ClN2OS/c1-2-19-13-9-5-6-10-14(13)21-16(19)18-15(20)11-7-3-4-8-12(11)17/h3-10H,2H2,1H3. The zero-order valence-electron chi connectivity index (χ0n) is 11.4. The minimum atomic E-state index is -0.311. The number of halogens is 1. The van der Waals surface area contributed by atoms with E-state index in [9.17, 15) is 4.79 Å². The first-order valence-corrected chi connectivity index (χ1v) is 7.82. The smallest absolute Gasteiger partial charge is 0.281 e. The Bertz CT molecular complexity index is 879. The van der Waals surface area contributed by atoms with Crippen molar-refractivity contribution < 1.29 is 4.79 Å². The molecule has 1 aromatic heterocycles.